The van der Waals surface area contributed by atoms with Crippen molar-refractivity contribution in [3.8, 4) is 0 Å². The van der Waals surface area contributed by atoms with Crippen LogP contribution < -0.4 is 10.3 Å². The van der Waals surface area contributed by atoms with Gasteiger partial charge in [-0.05, 0) is 12.1 Å². The number of esters is 1. The second-order valence-electron chi connectivity index (χ2n) is 5.10. The number of benzene rings is 1. The first kappa shape index (κ1) is 16.0. The Labute approximate surface area is 133 Å². The van der Waals surface area contributed by atoms with Crippen molar-refractivity contribution < 1.29 is 32.3 Å². The van der Waals surface area contributed by atoms with E-state index in [1.165, 1.54) is 6.07 Å². The quantitative estimate of drug-likeness (QED) is 0.632. The molecule has 7 nitrogen and oxygen atoms in total. The highest BCUT2D eigenvalue weighted by molar-refractivity contribution is 6.46. The number of methoxy groups -OCH3 is 1. The van der Waals surface area contributed by atoms with Gasteiger partial charge in [0.05, 0.1) is 18.4 Å². The predicted molar refractivity (Wildman–Crippen MR) is 73.8 cm³/mol. The number of ether oxygens (including phenoxy) is 1. The minimum atomic E-state index is -4.75. The maximum atomic E-state index is 13.1. The summed E-state index contributed by atoms with van der Waals surface area (Å²) in [6.45, 7) is 0. The summed E-state index contributed by atoms with van der Waals surface area (Å²) in [5.41, 5.74) is 0.271. The molecule has 2 heterocycles. The number of carbonyl (C=O) groups is 3. The van der Waals surface area contributed by atoms with Crippen molar-refractivity contribution in [3.63, 3.8) is 0 Å². The molecule has 2 amide bonds. The van der Waals surface area contributed by atoms with E-state index in [2.05, 4.69) is 15.3 Å². The van der Waals surface area contributed by atoms with Crippen molar-refractivity contribution in [2.75, 3.05) is 12.0 Å². The molecule has 1 fully saturated rings. The van der Waals surface area contributed by atoms with E-state index in [-0.39, 0.29) is 5.71 Å². The third kappa shape index (κ3) is 2.22. The van der Waals surface area contributed by atoms with Gasteiger partial charge in [0, 0.05) is 0 Å². The Morgan fingerprint density at radius 2 is 1.92 bits per heavy atom. The smallest absolute Gasteiger partial charge is 0.418 e. The zero-order valence-electron chi connectivity index (χ0n) is 12.1. The fourth-order valence-corrected chi connectivity index (χ4v) is 2.71. The molecule has 0 bridgehead atoms. The summed E-state index contributed by atoms with van der Waals surface area (Å²) < 4.78 is 43.9. The summed E-state index contributed by atoms with van der Waals surface area (Å²) in [6, 6.07) is 2.99. The molecule has 0 radical (unpaired) electrons. The molecule has 1 aromatic carbocycles. The number of rotatable bonds is 2. The molecule has 126 valence electrons. The van der Waals surface area contributed by atoms with Crippen LogP contribution in [-0.4, -0.2) is 36.6 Å². The van der Waals surface area contributed by atoms with Crippen molar-refractivity contribution in [1.82, 2.24) is 5.43 Å². The minimum Gasteiger partial charge on any atom is -0.464 e. The van der Waals surface area contributed by atoms with Crippen molar-refractivity contribution in [2.24, 2.45) is 11.0 Å². The standard InChI is InChI=1S/C14H10F3N3O4/c1-24-13(23)10-8-9(18-19-10)12(22)20(11(8)21)7-5-3-2-4-6(7)14(15,16)17/h2-5,8-9,18H,1H3/t8-,9+/m0/s1. The third-order valence-corrected chi connectivity index (χ3v) is 3.77. The van der Waals surface area contributed by atoms with Crippen LogP contribution in [-0.2, 0) is 25.3 Å². The summed E-state index contributed by atoms with van der Waals surface area (Å²) in [4.78, 5) is 37.0. The van der Waals surface area contributed by atoms with Crippen molar-refractivity contribution in [3.05, 3.63) is 29.8 Å². The largest absolute Gasteiger partial charge is 0.464 e. The molecule has 2 aliphatic rings. The van der Waals surface area contributed by atoms with Gasteiger partial charge in [-0.15, -0.1) is 0 Å². The van der Waals surface area contributed by atoms with Gasteiger partial charge in [-0.2, -0.15) is 18.3 Å². The Hall–Kier alpha value is -2.91. The highest BCUT2D eigenvalue weighted by atomic mass is 19.4. The molecular weight excluding hydrogens is 331 g/mol. The number of hydrazone groups is 1. The van der Waals surface area contributed by atoms with E-state index in [0.29, 0.717) is 4.90 Å². The van der Waals surface area contributed by atoms with E-state index in [9.17, 15) is 27.6 Å². The Bertz CT molecular complexity index is 775. The monoisotopic (exact) mass is 341 g/mol. The van der Waals surface area contributed by atoms with Crippen LogP contribution in [0.2, 0.25) is 0 Å². The number of carbonyl (C=O) groups excluding carboxylic acids is 3. The van der Waals surface area contributed by atoms with E-state index >= 15 is 0 Å². The number of halogens is 3. The number of anilines is 1. The van der Waals surface area contributed by atoms with Gasteiger partial charge in [0.2, 0.25) is 5.91 Å². The van der Waals surface area contributed by atoms with Crippen molar-refractivity contribution in [2.45, 2.75) is 12.2 Å². The number of nitrogens with one attached hydrogen (secondary N) is 1. The Balaban J connectivity index is 2.04. The second-order valence-corrected chi connectivity index (χ2v) is 5.10. The van der Waals surface area contributed by atoms with Crippen LogP contribution in [0.15, 0.2) is 29.4 Å². The van der Waals surface area contributed by atoms with Gasteiger partial charge in [0.1, 0.15) is 12.0 Å². The van der Waals surface area contributed by atoms with E-state index in [0.717, 1.165) is 25.3 Å². The number of nitrogens with zero attached hydrogens (tertiary/aromatic N) is 2. The van der Waals surface area contributed by atoms with Crippen molar-refractivity contribution in [1.29, 1.82) is 0 Å². The molecule has 0 saturated carbocycles. The van der Waals surface area contributed by atoms with E-state index < -0.39 is 47.2 Å². The summed E-state index contributed by atoms with van der Waals surface area (Å²) in [5.74, 6) is -4.12. The van der Waals surface area contributed by atoms with Crippen LogP contribution in [0.25, 0.3) is 0 Å². The molecule has 24 heavy (non-hydrogen) atoms. The van der Waals surface area contributed by atoms with E-state index in [4.69, 9.17) is 0 Å². The average molecular weight is 341 g/mol. The molecule has 0 unspecified atom stereocenters. The third-order valence-electron chi connectivity index (χ3n) is 3.77. The Morgan fingerprint density at radius 3 is 2.54 bits per heavy atom. The highest BCUT2D eigenvalue weighted by Crippen LogP contribution is 2.39. The van der Waals surface area contributed by atoms with Gasteiger partial charge in [-0.3, -0.25) is 15.0 Å². The summed E-state index contributed by atoms with van der Waals surface area (Å²) in [7, 11) is 1.07. The van der Waals surface area contributed by atoms with Gasteiger partial charge >= 0.3 is 12.1 Å². The molecule has 10 heteroatoms. The molecule has 1 saturated heterocycles. The number of hydrogen-bond acceptors (Lipinski definition) is 6. The first-order valence-electron chi connectivity index (χ1n) is 6.73. The molecule has 1 N–H and O–H groups in total. The highest BCUT2D eigenvalue weighted by Gasteiger charge is 2.56. The minimum absolute atomic E-state index is 0.340. The van der Waals surface area contributed by atoms with Gasteiger partial charge in [0.25, 0.3) is 5.91 Å². The van der Waals surface area contributed by atoms with Crippen LogP contribution in [0.5, 0.6) is 0 Å². The van der Waals surface area contributed by atoms with Crippen LogP contribution in [0.3, 0.4) is 0 Å². The van der Waals surface area contributed by atoms with Crippen LogP contribution >= 0.6 is 0 Å². The number of amides is 2. The Morgan fingerprint density at radius 1 is 1.25 bits per heavy atom. The molecule has 2 aliphatic heterocycles. The summed E-state index contributed by atoms with van der Waals surface area (Å²) >= 11 is 0. The lowest BCUT2D eigenvalue weighted by molar-refractivity contribution is -0.137. The zero-order chi connectivity index (χ0) is 17.6. The van der Waals surface area contributed by atoms with Gasteiger partial charge < -0.3 is 4.74 Å². The number of hydrogen-bond donors (Lipinski definition) is 1. The fourth-order valence-electron chi connectivity index (χ4n) is 2.71. The lowest BCUT2D eigenvalue weighted by atomic mass is 9.99. The second kappa shape index (κ2) is 5.32. The maximum absolute atomic E-state index is 13.1. The summed E-state index contributed by atoms with van der Waals surface area (Å²) in [5, 5.41) is 3.59. The van der Waals surface area contributed by atoms with Gasteiger partial charge in [-0.1, -0.05) is 12.1 Å². The number of imide groups is 1. The Kier molecular flexibility index (Phi) is 3.54. The number of fused-ring (bicyclic) bond motifs is 1. The molecule has 2 atom stereocenters. The molecule has 1 aromatic rings. The molecule has 3 rings (SSSR count). The number of para-hydroxylation sites is 1. The van der Waals surface area contributed by atoms with Gasteiger partial charge in [0.15, 0.2) is 5.71 Å². The fraction of sp³-hybridized carbons (Fsp3) is 0.286. The number of alkyl halides is 3. The normalized spacial score (nSPS) is 23.0. The SMILES string of the molecule is COC(=O)C1=NN[C@H]2C(=O)N(c3ccccc3C(F)(F)F)C(=O)[C@H]12. The van der Waals surface area contributed by atoms with Gasteiger partial charge in [-0.25, -0.2) is 9.69 Å². The topological polar surface area (TPSA) is 88.1 Å². The average Bonchev–Trinajstić information content (AvgIpc) is 3.07. The van der Waals surface area contributed by atoms with Crippen LogP contribution in [0, 0.1) is 5.92 Å². The van der Waals surface area contributed by atoms with E-state index in [1.54, 1.807) is 0 Å². The van der Waals surface area contributed by atoms with E-state index in [1.807, 2.05) is 0 Å². The molecule has 0 spiro atoms. The first-order valence-corrected chi connectivity index (χ1v) is 6.73. The van der Waals surface area contributed by atoms with Crippen LogP contribution in [0.1, 0.15) is 5.56 Å². The first-order chi connectivity index (χ1) is 11.3. The summed E-state index contributed by atoms with van der Waals surface area (Å²) in [6.07, 6.45) is -4.75. The zero-order valence-corrected chi connectivity index (χ0v) is 12.1. The lowest BCUT2D eigenvalue weighted by Crippen LogP contribution is -2.37. The molecule has 0 aliphatic carbocycles. The maximum Gasteiger partial charge on any atom is 0.418 e. The molecular formula is C14H10F3N3O4. The van der Waals surface area contributed by atoms with Crippen molar-refractivity contribution >= 4 is 29.2 Å². The molecule has 0 aromatic heterocycles. The predicted octanol–water partition coefficient (Wildman–Crippen LogP) is 0.696. The van der Waals surface area contributed by atoms with Crippen LogP contribution in [0.4, 0.5) is 18.9 Å². The lowest BCUT2D eigenvalue weighted by Gasteiger charge is -2.20.